The summed E-state index contributed by atoms with van der Waals surface area (Å²) in [6, 6.07) is 9.55. The molecular formula is C20H25Cl2N2O+. The molecule has 2 aromatic rings. The summed E-state index contributed by atoms with van der Waals surface area (Å²) in [7, 11) is 2.00. The van der Waals surface area contributed by atoms with Gasteiger partial charge in [0, 0.05) is 11.3 Å². The Balaban J connectivity index is 2.07. The molecule has 3 nitrogen and oxygen atoms in total. The van der Waals surface area contributed by atoms with Gasteiger partial charge in [-0.2, -0.15) is 0 Å². The predicted molar refractivity (Wildman–Crippen MR) is 106 cm³/mol. The Hall–Kier alpha value is -1.55. The fourth-order valence-electron chi connectivity index (χ4n) is 2.96. The summed E-state index contributed by atoms with van der Waals surface area (Å²) in [6.45, 7) is 8.72. The van der Waals surface area contributed by atoms with Crippen LogP contribution in [0.25, 0.3) is 0 Å². The number of hydrogen-bond acceptors (Lipinski definition) is 1. The maximum absolute atomic E-state index is 12.7. The van der Waals surface area contributed by atoms with Crippen molar-refractivity contribution in [2.45, 2.75) is 40.3 Å². The van der Waals surface area contributed by atoms with E-state index in [0.717, 1.165) is 27.3 Å². The van der Waals surface area contributed by atoms with Gasteiger partial charge in [-0.1, -0.05) is 47.0 Å². The lowest BCUT2D eigenvalue weighted by atomic mass is 10.0. The lowest BCUT2D eigenvalue weighted by Gasteiger charge is -2.22. The zero-order chi connectivity index (χ0) is 18.7. The second kappa shape index (κ2) is 8.22. The van der Waals surface area contributed by atoms with Crippen molar-refractivity contribution < 1.29 is 9.69 Å². The summed E-state index contributed by atoms with van der Waals surface area (Å²) in [6.07, 6.45) is 0. The third-order valence-corrected chi connectivity index (χ3v) is 5.26. The Bertz CT molecular complexity index is 766. The van der Waals surface area contributed by atoms with E-state index in [9.17, 15) is 4.79 Å². The maximum Gasteiger partial charge on any atom is 0.282 e. The summed E-state index contributed by atoms with van der Waals surface area (Å²) in [5.74, 6) is 0.00705. The van der Waals surface area contributed by atoms with Crippen molar-refractivity contribution in [3.63, 3.8) is 0 Å². The highest BCUT2D eigenvalue weighted by Gasteiger charge is 2.23. The Morgan fingerprint density at radius 3 is 2.24 bits per heavy atom. The molecule has 0 aliphatic heterocycles. The van der Waals surface area contributed by atoms with Gasteiger partial charge in [0.15, 0.2) is 6.04 Å². The number of nitrogens with one attached hydrogen (secondary N) is 2. The zero-order valence-electron chi connectivity index (χ0n) is 15.3. The quantitative estimate of drug-likeness (QED) is 0.809. The van der Waals surface area contributed by atoms with E-state index in [1.165, 1.54) is 5.56 Å². The summed E-state index contributed by atoms with van der Waals surface area (Å²) in [4.78, 5) is 13.8. The molecule has 0 saturated heterocycles. The molecule has 2 N–H and O–H groups in total. The van der Waals surface area contributed by atoms with Crippen LogP contribution in [0.15, 0.2) is 30.3 Å². The molecule has 1 amide bonds. The summed E-state index contributed by atoms with van der Waals surface area (Å²) in [5, 5.41) is 4.16. The summed E-state index contributed by atoms with van der Waals surface area (Å²) in [5.41, 5.74) is 5.32. The van der Waals surface area contributed by atoms with E-state index in [4.69, 9.17) is 23.2 Å². The fraction of sp³-hybridized carbons (Fsp3) is 0.350. The van der Waals surface area contributed by atoms with Crippen LogP contribution in [0, 0.1) is 20.8 Å². The molecule has 1 unspecified atom stereocenters. The lowest BCUT2D eigenvalue weighted by molar-refractivity contribution is -0.907. The highest BCUT2D eigenvalue weighted by atomic mass is 35.5. The van der Waals surface area contributed by atoms with Crippen LogP contribution in [-0.2, 0) is 11.3 Å². The van der Waals surface area contributed by atoms with E-state index in [-0.39, 0.29) is 11.9 Å². The smallest absolute Gasteiger partial charge is 0.282 e. The first-order chi connectivity index (χ1) is 11.7. The molecule has 2 atom stereocenters. The Morgan fingerprint density at radius 2 is 1.68 bits per heavy atom. The van der Waals surface area contributed by atoms with Gasteiger partial charge in [-0.15, -0.1) is 0 Å². The van der Waals surface area contributed by atoms with Crippen molar-refractivity contribution in [1.82, 2.24) is 0 Å². The van der Waals surface area contributed by atoms with Gasteiger partial charge >= 0.3 is 0 Å². The minimum absolute atomic E-state index is 0.00705. The monoisotopic (exact) mass is 379 g/mol. The number of aryl methyl sites for hydroxylation is 3. The van der Waals surface area contributed by atoms with Gasteiger partial charge in [-0.25, -0.2) is 0 Å². The first kappa shape index (κ1) is 19.8. The van der Waals surface area contributed by atoms with E-state index < -0.39 is 0 Å². The highest BCUT2D eigenvalue weighted by molar-refractivity contribution is 6.42. The van der Waals surface area contributed by atoms with Gasteiger partial charge in [0.05, 0.1) is 17.1 Å². The molecule has 0 fully saturated rings. The van der Waals surface area contributed by atoms with Crippen LogP contribution in [0.5, 0.6) is 0 Å². The minimum atomic E-state index is -0.199. The Morgan fingerprint density at radius 1 is 1.08 bits per heavy atom. The molecule has 25 heavy (non-hydrogen) atoms. The van der Waals surface area contributed by atoms with E-state index in [0.29, 0.717) is 16.6 Å². The van der Waals surface area contributed by atoms with Crippen molar-refractivity contribution in [3.8, 4) is 0 Å². The molecule has 0 heterocycles. The Kier molecular flexibility index (Phi) is 6.50. The lowest BCUT2D eigenvalue weighted by Crippen LogP contribution is -3.12. The maximum atomic E-state index is 12.7. The topological polar surface area (TPSA) is 33.5 Å². The standard InChI is InChI=1S/C20H24Cl2N2O/c1-12-8-13(2)19(14(3)9-12)23-20(25)15(4)24(5)11-16-6-7-17(21)18(22)10-16/h6-10,15H,11H2,1-5H3,(H,23,25)/p+1/t15-/m0/s1. The van der Waals surface area contributed by atoms with E-state index >= 15 is 0 Å². The van der Waals surface area contributed by atoms with Crippen molar-refractivity contribution in [3.05, 3.63) is 62.6 Å². The first-order valence-corrected chi connectivity index (χ1v) is 9.09. The number of benzene rings is 2. The SMILES string of the molecule is Cc1cc(C)c(NC(=O)[C@H](C)[NH+](C)Cc2ccc(Cl)c(Cl)c2)c(C)c1. The molecule has 0 bridgehead atoms. The molecule has 0 aliphatic rings. The molecule has 0 aliphatic carbocycles. The molecule has 2 rings (SSSR count). The number of halogens is 2. The molecule has 0 spiro atoms. The van der Waals surface area contributed by atoms with Crippen molar-refractivity contribution >= 4 is 34.8 Å². The van der Waals surface area contributed by atoms with Crippen LogP contribution in [0.4, 0.5) is 5.69 Å². The molecule has 0 aromatic heterocycles. The number of amides is 1. The largest absolute Gasteiger partial charge is 0.324 e. The van der Waals surface area contributed by atoms with Crippen LogP contribution in [0.1, 0.15) is 29.2 Å². The normalized spacial score (nSPS) is 13.4. The van der Waals surface area contributed by atoms with Crippen LogP contribution in [0.2, 0.25) is 10.0 Å². The number of quaternary nitrogens is 1. The fourth-order valence-corrected chi connectivity index (χ4v) is 3.28. The van der Waals surface area contributed by atoms with E-state index in [2.05, 4.69) is 24.4 Å². The Labute approximate surface area is 159 Å². The third kappa shape index (κ3) is 4.97. The third-order valence-electron chi connectivity index (χ3n) is 4.52. The highest BCUT2D eigenvalue weighted by Crippen LogP contribution is 2.23. The van der Waals surface area contributed by atoms with E-state index in [1.807, 2.05) is 40.0 Å². The molecule has 0 saturated carbocycles. The average molecular weight is 380 g/mol. The van der Waals surface area contributed by atoms with Crippen LogP contribution in [-0.4, -0.2) is 19.0 Å². The number of anilines is 1. The number of carbonyl (C=O) groups excluding carboxylic acids is 1. The van der Waals surface area contributed by atoms with E-state index in [1.54, 1.807) is 6.07 Å². The number of carbonyl (C=O) groups is 1. The second-order valence-corrected chi connectivity index (χ2v) is 7.57. The van der Waals surface area contributed by atoms with Crippen molar-refractivity contribution in [2.24, 2.45) is 0 Å². The van der Waals surface area contributed by atoms with Gasteiger partial charge in [0.1, 0.15) is 6.54 Å². The van der Waals surface area contributed by atoms with Crippen molar-refractivity contribution in [2.75, 3.05) is 12.4 Å². The van der Waals surface area contributed by atoms with Crippen LogP contribution >= 0.6 is 23.2 Å². The van der Waals surface area contributed by atoms with Gasteiger partial charge < -0.3 is 10.2 Å². The molecule has 5 heteroatoms. The number of rotatable bonds is 5. The molecular weight excluding hydrogens is 355 g/mol. The first-order valence-electron chi connectivity index (χ1n) is 8.34. The summed E-state index contributed by atoms with van der Waals surface area (Å²) < 4.78 is 0. The van der Waals surface area contributed by atoms with Gasteiger partial charge in [0.25, 0.3) is 5.91 Å². The van der Waals surface area contributed by atoms with Crippen LogP contribution < -0.4 is 10.2 Å². The molecule has 0 radical (unpaired) electrons. The molecule has 2 aromatic carbocycles. The number of hydrogen-bond donors (Lipinski definition) is 2. The zero-order valence-corrected chi connectivity index (χ0v) is 16.8. The minimum Gasteiger partial charge on any atom is -0.324 e. The van der Waals surface area contributed by atoms with Gasteiger partial charge in [0.2, 0.25) is 0 Å². The predicted octanol–water partition coefficient (Wildman–Crippen LogP) is 3.96. The van der Waals surface area contributed by atoms with Crippen LogP contribution in [0.3, 0.4) is 0 Å². The number of likely N-dealkylation sites (N-methyl/N-ethyl adjacent to an activating group) is 1. The summed E-state index contributed by atoms with van der Waals surface area (Å²) >= 11 is 12.0. The van der Waals surface area contributed by atoms with Crippen molar-refractivity contribution in [1.29, 1.82) is 0 Å². The molecule has 134 valence electrons. The van der Waals surface area contributed by atoms with Gasteiger partial charge in [-0.3, -0.25) is 4.79 Å². The average Bonchev–Trinajstić information content (AvgIpc) is 2.53. The van der Waals surface area contributed by atoms with Gasteiger partial charge in [-0.05, 0) is 51.0 Å². The second-order valence-electron chi connectivity index (χ2n) is 6.76.